The molecule has 0 atom stereocenters. The van der Waals surface area contributed by atoms with Gasteiger partial charge in [0.15, 0.2) is 10.5 Å². The highest BCUT2D eigenvalue weighted by Crippen LogP contribution is 2.31. The van der Waals surface area contributed by atoms with Crippen LogP contribution in [0.15, 0.2) is 28.9 Å². The van der Waals surface area contributed by atoms with Gasteiger partial charge in [-0.1, -0.05) is 0 Å². The summed E-state index contributed by atoms with van der Waals surface area (Å²) in [5, 5.41) is 10.6. The Labute approximate surface area is 176 Å². The minimum Gasteiger partial charge on any atom is -0.459 e. The Kier molecular flexibility index (Phi) is 5.37. The molecule has 2 amide bonds. The van der Waals surface area contributed by atoms with E-state index in [1.165, 1.54) is 17.6 Å². The molecule has 2 N–H and O–H groups in total. The maximum atomic E-state index is 13.0. The first-order valence-electron chi connectivity index (χ1n) is 9.30. The topological polar surface area (TPSA) is 96.2 Å². The van der Waals surface area contributed by atoms with Gasteiger partial charge in [0.2, 0.25) is 0 Å². The molecule has 0 aromatic carbocycles. The van der Waals surface area contributed by atoms with Crippen molar-refractivity contribution in [3.8, 4) is 0 Å². The minimum absolute atomic E-state index is 0.000177. The maximum Gasteiger partial charge on any atom is 0.291 e. The van der Waals surface area contributed by atoms with Gasteiger partial charge in [-0.05, 0) is 55.7 Å². The molecule has 1 aliphatic rings. The van der Waals surface area contributed by atoms with Crippen molar-refractivity contribution in [2.24, 2.45) is 7.05 Å². The van der Waals surface area contributed by atoms with Crippen molar-refractivity contribution in [3.63, 3.8) is 0 Å². The molecule has 152 valence electrons. The average molecular weight is 432 g/mol. The minimum atomic E-state index is -0.330. The number of carbonyl (C=O) groups excluding carboxylic acids is 2. The van der Waals surface area contributed by atoms with E-state index in [1.807, 2.05) is 29.5 Å². The molecule has 1 fully saturated rings. The Hall–Kier alpha value is -2.72. The highest BCUT2D eigenvalue weighted by molar-refractivity contribution is 7.71. The van der Waals surface area contributed by atoms with Gasteiger partial charge in [-0.2, -0.15) is 5.10 Å². The summed E-state index contributed by atoms with van der Waals surface area (Å²) in [5.41, 5.74) is 0.853. The fraction of sp³-hybridized carbons (Fsp3) is 0.368. The third kappa shape index (κ3) is 3.90. The molecule has 4 heterocycles. The predicted molar refractivity (Wildman–Crippen MR) is 112 cm³/mol. The molecule has 0 radical (unpaired) electrons. The summed E-state index contributed by atoms with van der Waals surface area (Å²) in [7, 11) is 1.91. The largest absolute Gasteiger partial charge is 0.459 e. The van der Waals surface area contributed by atoms with Crippen molar-refractivity contribution in [3.05, 3.63) is 51.3 Å². The van der Waals surface area contributed by atoms with Crippen LogP contribution in [-0.4, -0.2) is 44.6 Å². The number of piperidine rings is 1. The first-order valence-corrected chi connectivity index (χ1v) is 10.5. The van der Waals surface area contributed by atoms with Gasteiger partial charge in [-0.15, -0.1) is 11.3 Å². The zero-order chi connectivity index (χ0) is 20.5. The van der Waals surface area contributed by atoms with Crippen molar-refractivity contribution in [2.75, 3.05) is 18.4 Å². The number of hydrogen-bond donors (Lipinski definition) is 2. The van der Waals surface area contributed by atoms with E-state index < -0.39 is 0 Å². The number of nitrogens with zero attached hydrogens (tertiary/aromatic N) is 3. The second-order valence-electron chi connectivity index (χ2n) is 7.07. The summed E-state index contributed by atoms with van der Waals surface area (Å²) >= 11 is 6.48. The number of likely N-dealkylation sites (tertiary alicyclic amines) is 1. The van der Waals surface area contributed by atoms with Gasteiger partial charge in [-0.3, -0.25) is 14.7 Å². The van der Waals surface area contributed by atoms with Crippen LogP contribution in [0.4, 0.5) is 5.00 Å². The monoisotopic (exact) mass is 431 g/mol. The molecular weight excluding hydrogens is 410 g/mol. The van der Waals surface area contributed by atoms with E-state index in [0.717, 1.165) is 24.2 Å². The number of aromatic nitrogens is 3. The molecule has 1 saturated heterocycles. The van der Waals surface area contributed by atoms with Crippen LogP contribution in [-0.2, 0) is 7.05 Å². The van der Waals surface area contributed by atoms with E-state index in [4.69, 9.17) is 16.6 Å². The number of nitrogens with one attached hydrogen (secondary N) is 2. The van der Waals surface area contributed by atoms with Crippen LogP contribution in [0.5, 0.6) is 0 Å². The molecule has 0 unspecified atom stereocenters. The van der Waals surface area contributed by atoms with Crippen LogP contribution < -0.4 is 5.32 Å². The second-order valence-corrected chi connectivity index (χ2v) is 8.51. The van der Waals surface area contributed by atoms with Crippen molar-refractivity contribution in [1.82, 2.24) is 19.7 Å². The molecular formula is C19H21N5O3S2. The fourth-order valence-corrected chi connectivity index (χ4v) is 4.72. The van der Waals surface area contributed by atoms with Crippen LogP contribution >= 0.6 is 23.6 Å². The molecule has 0 aliphatic carbocycles. The summed E-state index contributed by atoms with van der Waals surface area (Å²) in [4.78, 5) is 27.7. The van der Waals surface area contributed by atoms with Crippen LogP contribution in [0.2, 0.25) is 0 Å². The summed E-state index contributed by atoms with van der Waals surface area (Å²) in [6.45, 7) is 3.21. The Morgan fingerprint density at radius 2 is 2.14 bits per heavy atom. The Morgan fingerprint density at radius 1 is 1.38 bits per heavy atom. The van der Waals surface area contributed by atoms with Crippen LogP contribution in [0.25, 0.3) is 0 Å². The maximum absolute atomic E-state index is 13.0. The molecule has 3 aromatic rings. The Morgan fingerprint density at radius 3 is 2.76 bits per heavy atom. The number of H-pyrrole nitrogens is 1. The zero-order valence-electron chi connectivity index (χ0n) is 16.1. The predicted octanol–water partition coefficient (Wildman–Crippen LogP) is 3.71. The summed E-state index contributed by atoms with van der Waals surface area (Å²) in [6, 6.07) is 5.08. The number of hydrogen-bond acceptors (Lipinski definition) is 6. The standard InChI is InChI=1S/C19H21N5O3S2/c1-11-10-14(20-17(25)13-4-3-9-27-13)29-15(11)18(26)24-7-5-12(6-8-24)16-21-22-19(28)23(16)2/h3-4,9-10,12H,5-8H2,1-2H3,(H,20,25)(H,22,28). The fourth-order valence-electron chi connectivity index (χ4n) is 3.55. The molecule has 29 heavy (non-hydrogen) atoms. The number of aromatic amines is 1. The number of thiophene rings is 1. The Bertz CT molecular complexity index is 1090. The van der Waals surface area contributed by atoms with E-state index in [2.05, 4.69) is 15.5 Å². The lowest BCUT2D eigenvalue weighted by molar-refractivity contribution is 0.0714. The number of amides is 2. The first-order chi connectivity index (χ1) is 13.9. The molecule has 0 bridgehead atoms. The van der Waals surface area contributed by atoms with E-state index in [9.17, 15) is 9.59 Å². The molecule has 4 rings (SSSR count). The average Bonchev–Trinajstić information content (AvgIpc) is 3.44. The van der Waals surface area contributed by atoms with Gasteiger partial charge >= 0.3 is 0 Å². The summed E-state index contributed by atoms with van der Waals surface area (Å²) < 4.78 is 7.61. The molecule has 8 nitrogen and oxygen atoms in total. The van der Waals surface area contributed by atoms with Gasteiger partial charge in [0.1, 0.15) is 5.82 Å². The molecule has 3 aromatic heterocycles. The third-order valence-electron chi connectivity index (χ3n) is 5.16. The van der Waals surface area contributed by atoms with Crippen molar-refractivity contribution in [1.29, 1.82) is 0 Å². The second kappa shape index (κ2) is 7.96. The van der Waals surface area contributed by atoms with E-state index in [1.54, 1.807) is 12.1 Å². The summed E-state index contributed by atoms with van der Waals surface area (Å²) in [5.74, 6) is 1.13. The number of anilines is 1. The zero-order valence-corrected chi connectivity index (χ0v) is 17.7. The number of furan rings is 1. The lowest BCUT2D eigenvalue weighted by Gasteiger charge is -2.31. The lowest BCUT2D eigenvalue weighted by atomic mass is 9.95. The van der Waals surface area contributed by atoms with Gasteiger partial charge in [0, 0.05) is 26.1 Å². The van der Waals surface area contributed by atoms with Crippen LogP contribution in [0, 0.1) is 11.7 Å². The summed E-state index contributed by atoms with van der Waals surface area (Å²) in [6.07, 6.45) is 3.13. The van der Waals surface area contributed by atoms with Gasteiger partial charge < -0.3 is 19.2 Å². The highest BCUT2D eigenvalue weighted by Gasteiger charge is 2.28. The first kappa shape index (κ1) is 19.6. The number of aryl methyl sites for hydroxylation is 1. The molecule has 0 spiro atoms. The van der Waals surface area contributed by atoms with E-state index in [0.29, 0.717) is 27.7 Å². The molecule has 0 saturated carbocycles. The lowest BCUT2D eigenvalue weighted by Crippen LogP contribution is -2.38. The van der Waals surface area contributed by atoms with E-state index >= 15 is 0 Å². The van der Waals surface area contributed by atoms with E-state index in [-0.39, 0.29) is 23.5 Å². The van der Waals surface area contributed by atoms with Gasteiger partial charge in [0.25, 0.3) is 11.8 Å². The van der Waals surface area contributed by atoms with Gasteiger partial charge in [-0.25, -0.2) is 0 Å². The van der Waals surface area contributed by atoms with Crippen LogP contribution in [0.1, 0.15) is 50.4 Å². The SMILES string of the molecule is Cc1cc(NC(=O)c2ccco2)sc1C(=O)N1CCC(c2n[nH]c(=S)n2C)CC1. The Balaban J connectivity index is 1.41. The van der Waals surface area contributed by atoms with Crippen molar-refractivity contribution < 1.29 is 14.0 Å². The number of rotatable bonds is 4. The molecule has 10 heteroatoms. The van der Waals surface area contributed by atoms with Gasteiger partial charge in [0.05, 0.1) is 16.1 Å². The van der Waals surface area contributed by atoms with Crippen molar-refractivity contribution >= 4 is 40.4 Å². The smallest absolute Gasteiger partial charge is 0.291 e. The molecule has 1 aliphatic heterocycles. The highest BCUT2D eigenvalue weighted by atomic mass is 32.1. The van der Waals surface area contributed by atoms with Crippen LogP contribution in [0.3, 0.4) is 0 Å². The normalized spacial score (nSPS) is 14.9. The van der Waals surface area contributed by atoms with Crippen molar-refractivity contribution in [2.45, 2.75) is 25.7 Å². The third-order valence-corrected chi connectivity index (χ3v) is 6.66. The number of carbonyl (C=O) groups is 2. The quantitative estimate of drug-likeness (QED) is 0.614.